The average Bonchev–Trinajstić information content (AvgIpc) is 1.78. The van der Waals surface area contributed by atoms with Crippen LogP contribution >= 0.6 is 0 Å². The van der Waals surface area contributed by atoms with Crippen LogP contribution in [-0.2, 0) is 4.12 Å². The lowest BCUT2D eigenvalue weighted by molar-refractivity contribution is 0.544. The Kier molecular flexibility index (Phi) is 4.69. The zero-order valence-corrected chi connectivity index (χ0v) is 11.1. The lowest BCUT2D eigenvalue weighted by Crippen LogP contribution is -2.42. The lowest BCUT2D eigenvalue weighted by atomic mass is 10.5. The third-order valence-corrected chi connectivity index (χ3v) is 7.78. The van der Waals surface area contributed by atoms with Gasteiger partial charge in [-0.15, -0.1) is 0 Å². The van der Waals surface area contributed by atoms with Crippen molar-refractivity contribution in [3.63, 3.8) is 0 Å². The molecule has 0 aromatic carbocycles. The Bertz CT molecular complexity index is 132. The Morgan fingerprint density at radius 3 is 1.92 bits per heavy atom. The fourth-order valence-electron chi connectivity index (χ4n) is 1.41. The molecule has 0 aromatic heterocycles. The van der Waals surface area contributed by atoms with Gasteiger partial charge >= 0.3 is 0 Å². The van der Waals surface area contributed by atoms with Crippen molar-refractivity contribution in [2.45, 2.75) is 45.2 Å². The first-order valence-corrected chi connectivity index (χ1v) is 11.2. The number of hydrogen-bond acceptors (Lipinski definition) is 2. The molecular weight excluding hydrogens is 182 g/mol. The van der Waals surface area contributed by atoms with Gasteiger partial charge < -0.3 is 9.85 Å². The summed E-state index contributed by atoms with van der Waals surface area (Å²) in [6, 6.07) is 1.20. The first kappa shape index (κ1) is 12.4. The maximum Gasteiger partial charge on any atom is 0.173 e. The second-order valence-corrected chi connectivity index (χ2v) is 13.9. The summed E-state index contributed by atoms with van der Waals surface area (Å²) >= 11 is 0. The summed E-state index contributed by atoms with van der Waals surface area (Å²) in [6.45, 7) is 12.1. The molecule has 0 saturated carbocycles. The maximum absolute atomic E-state index is 6.15. The van der Waals surface area contributed by atoms with E-state index in [9.17, 15) is 0 Å². The van der Waals surface area contributed by atoms with Gasteiger partial charge in [-0.1, -0.05) is 0 Å². The SMILES string of the molecule is C[Si](C)(C)O[Si](C)(C)CCCN. The van der Waals surface area contributed by atoms with Crippen molar-refractivity contribution in [1.82, 2.24) is 0 Å². The van der Waals surface area contributed by atoms with Crippen LogP contribution in [0.4, 0.5) is 0 Å². The molecule has 0 saturated heterocycles. The van der Waals surface area contributed by atoms with Gasteiger partial charge in [0, 0.05) is 0 Å². The minimum absolute atomic E-state index is 0.797. The summed E-state index contributed by atoms with van der Waals surface area (Å²) in [5, 5.41) is 0. The lowest BCUT2D eigenvalue weighted by Gasteiger charge is -2.31. The van der Waals surface area contributed by atoms with Crippen LogP contribution in [0.25, 0.3) is 0 Å². The third kappa shape index (κ3) is 7.03. The second-order valence-electron chi connectivity index (χ2n) is 4.87. The minimum Gasteiger partial charge on any atom is -0.456 e. The summed E-state index contributed by atoms with van der Waals surface area (Å²) in [7, 11) is -2.70. The van der Waals surface area contributed by atoms with Gasteiger partial charge in [0.25, 0.3) is 0 Å². The first-order valence-electron chi connectivity index (χ1n) is 4.67. The molecule has 0 atom stereocenters. The maximum atomic E-state index is 6.15. The summed E-state index contributed by atoms with van der Waals surface area (Å²) in [6.07, 6.45) is 1.11. The summed E-state index contributed by atoms with van der Waals surface area (Å²) in [5.74, 6) is 0. The van der Waals surface area contributed by atoms with Crippen molar-refractivity contribution in [2.24, 2.45) is 5.73 Å². The van der Waals surface area contributed by atoms with Gasteiger partial charge in [-0.25, -0.2) is 0 Å². The predicted molar refractivity (Wildman–Crippen MR) is 60.4 cm³/mol. The van der Waals surface area contributed by atoms with Gasteiger partial charge in [0.1, 0.15) is 0 Å². The highest BCUT2D eigenvalue weighted by Gasteiger charge is 2.28. The topological polar surface area (TPSA) is 35.2 Å². The fourth-order valence-corrected chi connectivity index (χ4v) is 9.50. The van der Waals surface area contributed by atoms with Crippen LogP contribution in [0, 0.1) is 0 Å². The van der Waals surface area contributed by atoms with Gasteiger partial charge in [-0.3, -0.25) is 0 Å². The molecule has 0 rings (SSSR count). The number of hydrogen-bond donors (Lipinski definition) is 1. The van der Waals surface area contributed by atoms with Crippen molar-refractivity contribution >= 4 is 16.6 Å². The molecule has 0 aromatic rings. The normalized spacial score (nSPS) is 13.5. The van der Waals surface area contributed by atoms with Crippen molar-refractivity contribution in [2.75, 3.05) is 6.54 Å². The van der Waals surface area contributed by atoms with E-state index in [1.165, 1.54) is 6.04 Å². The molecule has 0 fully saturated rings. The molecule has 0 bridgehead atoms. The molecule has 0 aliphatic rings. The summed E-state index contributed by atoms with van der Waals surface area (Å²) < 4.78 is 6.15. The predicted octanol–water partition coefficient (Wildman–Crippen LogP) is 2.39. The fraction of sp³-hybridized carbons (Fsp3) is 1.00. The van der Waals surface area contributed by atoms with Gasteiger partial charge in [0.2, 0.25) is 0 Å². The van der Waals surface area contributed by atoms with Crippen molar-refractivity contribution in [1.29, 1.82) is 0 Å². The van der Waals surface area contributed by atoms with Crippen LogP contribution in [0.1, 0.15) is 6.42 Å². The highest BCUT2D eigenvalue weighted by molar-refractivity contribution is 6.84. The molecule has 4 heteroatoms. The van der Waals surface area contributed by atoms with E-state index in [1.54, 1.807) is 0 Å². The van der Waals surface area contributed by atoms with E-state index < -0.39 is 16.6 Å². The smallest absolute Gasteiger partial charge is 0.173 e. The molecule has 0 heterocycles. The molecule has 0 amide bonds. The first-order chi connectivity index (χ1) is 5.27. The molecule has 0 spiro atoms. The minimum atomic E-state index is -1.38. The van der Waals surface area contributed by atoms with Crippen LogP contribution in [0.15, 0.2) is 0 Å². The van der Waals surface area contributed by atoms with Crippen molar-refractivity contribution < 1.29 is 4.12 Å². The van der Waals surface area contributed by atoms with E-state index in [0.29, 0.717) is 0 Å². The molecule has 0 radical (unpaired) electrons. The van der Waals surface area contributed by atoms with Gasteiger partial charge in [0.05, 0.1) is 0 Å². The van der Waals surface area contributed by atoms with E-state index in [2.05, 4.69) is 32.7 Å². The Morgan fingerprint density at radius 2 is 1.58 bits per heavy atom. The highest BCUT2D eigenvalue weighted by Crippen LogP contribution is 2.19. The monoisotopic (exact) mass is 205 g/mol. The Hall–Kier alpha value is 0.354. The molecule has 12 heavy (non-hydrogen) atoms. The number of rotatable bonds is 5. The molecule has 0 unspecified atom stereocenters. The average molecular weight is 205 g/mol. The second kappa shape index (κ2) is 4.55. The number of nitrogens with two attached hydrogens (primary N) is 1. The Balaban J connectivity index is 3.86. The van der Waals surface area contributed by atoms with E-state index in [1.807, 2.05) is 0 Å². The van der Waals surface area contributed by atoms with Gasteiger partial charge in [-0.05, 0) is 51.7 Å². The van der Waals surface area contributed by atoms with E-state index in [0.717, 1.165) is 13.0 Å². The van der Waals surface area contributed by atoms with E-state index >= 15 is 0 Å². The largest absolute Gasteiger partial charge is 0.456 e. The van der Waals surface area contributed by atoms with Crippen LogP contribution < -0.4 is 5.73 Å². The highest BCUT2D eigenvalue weighted by atomic mass is 28.4. The summed E-state index contributed by atoms with van der Waals surface area (Å²) in [5.41, 5.74) is 5.48. The zero-order valence-electron chi connectivity index (χ0n) is 9.11. The van der Waals surface area contributed by atoms with E-state index in [-0.39, 0.29) is 0 Å². The van der Waals surface area contributed by atoms with Crippen LogP contribution in [0.5, 0.6) is 0 Å². The molecular formula is C8H23NOSi2. The third-order valence-electron chi connectivity index (χ3n) is 1.57. The van der Waals surface area contributed by atoms with Crippen molar-refractivity contribution in [3.8, 4) is 0 Å². The zero-order chi connectivity index (χ0) is 9.83. The molecule has 2 N–H and O–H groups in total. The van der Waals surface area contributed by atoms with Gasteiger partial charge in [0.15, 0.2) is 16.6 Å². The van der Waals surface area contributed by atoms with Gasteiger partial charge in [-0.2, -0.15) is 0 Å². The van der Waals surface area contributed by atoms with E-state index in [4.69, 9.17) is 9.85 Å². The Morgan fingerprint density at radius 1 is 1.08 bits per heavy atom. The standard InChI is InChI=1S/C8H23NOSi2/c1-11(2,3)10-12(4,5)8-6-7-9/h6-9H2,1-5H3. The molecule has 0 aliphatic heterocycles. The summed E-state index contributed by atoms with van der Waals surface area (Å²) in [4.78, 5) is 0. The van der Waals surface area contributed by atoms with Crippen molar-refractivity contribution in [3.05, 3.63) is 0 Å². The van der Waals surface area contributed by atoms with Crippen LogP contribution in [0.3, 0.4) is 0 Å². The molecule has 2 nitrogen and oxygen atoms in total. The van der Waals surface area contributed by atoms with Crippen LogP contribution in [-0.4, -0.2) is 23.2 Å². The van der Waals surface area contributed by atoms with Crippen LogP contribution in [0.2, 0.25) is 38.8 Å². The molecule has 0 aliphatic carbocycles. The quantitative estimate of drug-likeness (QED) is 0.700. The Labute approximate surface area is 78.8 Å². The molecule has 74 valence electrons.